The molecule has 0 saturated carbocycles. The van der Waals surface area contributed by atoms with Crippen molar-refractivity contribution in [2.24, 2.45) is 0 Å². The average Bonchev–Trinajstić information content (AvgIpc) is 2.66. The third-order valence-corrected chi connectivity index (χ3v) is 3.25. The molecule has 5 heteroatoms. The minimum atomic E-state index is -0.347. The number of fused-ring (bicyclic) bond motifs is 1. The van der Waals surface area contributed by atoms with Crippen LogP contribution in [0.3, 0.4) is 0 Å². The molecule has 0 aliphatic rings. The van der Waals surface area contributed by atoms with E-state index in [1.54, 1.807) is 22.9 Å². The lowest BCUT2D eigenvalue weighted by atomic mass is 10.0. The van der Waals surface area contributed by atoms with E-state index in [1.807, 2.05) is 0 Å². The van der Waals surface area contributed by atoms with Crippen molar-refractivity contribution in [2.45, 2.75) is 39.3 Å². The average molecular weight is 249 g/mol. The van der Waals surface area contributed by atoms with Gasteiger partial charge in [0.05, 0.1) is 0 Å². The van der Waals surface area contributed by atoms with Crippen LogP contribution in [0, 0.1) is 0 Å². The van der Waals surface area contributed by atoms with Gasteiger partial charge in [-0.1, -0.05) is 6.92 Å². The van der Waals surface area contributed by atoms with Crippen LogP contribution in [0.25, 0.3) is 11.2 Å². The Bertz CT molecular complexity index is 583. The van der Waals surface area contributed by atoms with E-state index in [0.717, 1.165) is 6.42 Å². The van der Waals surface area contributed by atoms with Crippen LogP contribution in [0.2, 0.25) is 0 Å². The SMILES string of the molecule is CCC(C)(C)NCCn1c(=O)oc2cccnc21. The second-order valence-electron chi connectivity index (χ2n) is 5.01. The first-order valence-electron chi connectivity index (χ1n) is 6.23. The topological polar surface area (TPSA) is 60.1 Å². The summed E-state index contributed by atoms with van der Waals surface area (Å²) in [6, 6.07) is 3.51. The maximum absolute atomic E-state index is 11.7. The van der Waals surface area contributed by atoms with E-state index in [9.17, 15) is 4.79 Å². The Hall–Kier alpha value is -1.62. The monoisotopic (exact) mass is 249 g/mol. The molecule has 0 aliphatic heterocycles. The number of rotatable bonds is 5. The molecule has 2 aromatic rings. The number of pyridine rings is 1. The Morgan fingerprint density at radius 2 is 2.28 bits per heavy atom. The van der Waals surface area contributed by atoms with Crippen molar-refractivity contribution in [1.29, 1.82) is 0 Å². The molecule has 0 spiro atoms. The first-order chi connectivity index (χ1) is 8.53. The Balaban J connectivity index is 2.13. The Kier molecular flexibility index (Phi) is 3.52. The molecule has 0 saturated heterocycles. The summed E-state index contributed by atoms with van der Waals surface area (Å²) in [6.45, 7) is 7.69. The van der Waals surface area contributed by atoms with Crippen molar-refractivity contribution in [3.05, 3.63) is 28.9 Å². The van der Waals surface area contributed by atoms with Crippen molar-refractivity contribution in [1.82, 2.24) is 14.9 Å². The van der Waals surface area contributed by atoms with Crippen LogP contribution in [0.5, 0.6) is 0 Å². The van der Waals surface area contributed by atoms with Gasteiger partial charge in [-0.05, 0) is 32.4 Å². The molecular weight excluding hydrogens is 230 g/mol. The molecule has 2 heterocycles. The maximum Gasteiger partial charge on any atom is 0.421 e. The summed E-state index contributed by atoms with van der Waals surface area (Å²) < 4.78 is 6.69. The molecule has 0 unspecified atom stereocenters. The lowest BCUT2D eigenvalue weighted by molar-refractivity contribution is 0.364. The van der Waals surface area contributed by atoms with Crippen molar-refractivity contribution in [2.75, 3.05) is 6.54 Å². The molecule has 0 bridgehead atoms. The van der Waals surface area contributed by atoms with Gasteiger partial charge in [-0.2, -0.15) is 0 Å². The Morgan fingerprint density at radius 1 is 1.50 bits per heavy atom. The fraction of sp³-hybridized carbons (Fsp3) is 0.538. The highest BCUT2D eigenvalue weighted by Crippen LogP contribution is 2.09. The predicted molar refractivity (Wildman–Crippen MR) is 70.6 cm³/mol. The predicted octanol–water partition coefficient (Wildman–Crippen LogP) is 1.77. The smallest absolute Gasteiger partial charge is 0.406 e. The van der Waals surface area contributed by atoms with E-state index < -0.39 is 0 Å². The molecular formula is C13H19N3O2. The van der Waals surface area contributed by atoms with E-state index in [0.29, 0.717) is 24.3 Å². The van der Waals surface area contributed by atoms with Crippen LogP contribution in [0.4, 0.5) is 0 Å². The fourth-order valence-electron chi connectivity index (χ4n) is 1.73. The van der Waals surface area contributed by atoms with Crippen molar-refractivity contribution in [3.63, 3.8) is 0 Å². The number of hydrogen-bond acceptors (Lipinski definition) is 4. The van der Waals surface area contributed by atoms with Crippen LogP contribution in [-0.2, 0) is 6.54 Å². The normalized spacial score (nSPS) is 12.2. The molecule has 0 radical (unpaired) electrons. The van der Waals surface area contributed by atoms with Gasteiger partial charge < -0.3 is 9.73 Å². The molecule has 0 aromatic carbocycles. The van der Waals surface area contributed by atoms with E-state index in [4.69, 9.17) is 4.42 Å². The van der Waals surface area contributed by atoms with Crippen LogP contribution in [0.15, 0.2) is 27.5 Å². The molecule has 18 heavy (non-hydrogen) atoms. The van der Waals surface area contributed by atoms with Gasteiger partial charge >= 0.3 is 5.76 Å². The zero-order valence-corrected chi connectivity index (χ0v) is 11.1. The molecule has 0 aliphatic carbocycles. The summed E-state index contributed by atoms with van der Waals surface area (Å²) in [5.74, 6) is -0.347. The van der Waals surface area contributed by atoms with Crippen LogP contribution < -0.4 is 11.1 Å². The summed E-state index contributed by atoms with van der Waals surface area (Å²) in [7, 11) is 0. The van der Waals surface area contributed by atoms with Gasteiger partial charge in [-0.15, -0.1) is 0 Å². The lowest BCUT2D eigenvalue weighted by Gasteiger charge is -2.24. The lowest BCUT2D eigenvalue weighted by Crippen LogP contribution is -2.40. The van der Waals surface area contributed by atoms with E-state index in [2.05, 4.69) is 31.1 Å². The standard InChI is InChI=1S/C13H19N3O2/c1-4-13(2,3)15-8-9-16-11-10(18-12(16)17)6-5-7-14-11/h5-7,15H,4,8-9H2,1-3H3. The quantitative estimate of drug-likeness (QED) is 0.877. The Labute approximate surface area is 106 Å². The molecule has 1 N–H and O–H groups in total. The zero-order valence-electron chi connectivity index (χ0n) is 11.1. The van der Waals surface area contributed by atoms with Crippen LogP contribution in [-0.4, -0.2) is 21.6 Å². The van der Waals surface area contributed by atoms with Gasteiger partial charge in [-0.25, -0.2) is 9.78 Å². The second-order valence-corrected chi connectivity index (χ2v) is 5.01. The first-order valence-corrected chi connectivity index (χ1v) is 6.23. The van der Waals surface area contributed by atoms with Crippen molar-refractivity contribution in [3.8, 4) is 0 Å². The summed E-state index contributed by atoms with van der Waals surface area (Å²) in [4.78, 5) is 15.9. The molecule has 98 valence electrons. The van der Waals surface area contributed by atoms with Gasteiger partial charge in [-0.3, -0.25) is 4.57 Å². The van der Waals surface area contributed by atoms with E-state index >= 15 is 0 Å². The summed E-state index contributed by atoms with van der Waals surface area (Å²) >= 11 is 0. The minimum absolute atomic E-state index is 0.0799. The fourth-order valence-corrected chi connectivity index (χ4v) is 1.73. The highest BCUT2D eigenvalue weighted by molar-refractivity contribution is 5.67. The Morgan fingerprint density at radius 3 is 3.00 bits per heavy atom. The van der Waals surface area contributed by atoms with Gasteiger partial charge in [0, 0.05) is 24.8 Å². The third kappa shape index (κ3) is 2.61. The van der Waals surface area contributed by atoms with Crippen LogP contribution in [0.1, 0.15) is 27.2 Å². The zero-order chi connectivity index (χ0) is 13.2. The molecule has 0 fully saturated rings. The van der Waals surface area contributed by atoms with Gasteiger partial charge in [0.1, 0.15) is 0 Å². The van der Waals surface area contributed by atoms with Gasteiger partial charge in [0.2, 0.25) is 0 Å². The van der Waals surface area contributed by atoms with Gasteiger partial charge in [0.25, 0.3) is 0 Å². The molecule has 5 nitrogen and oxygen atoms in total. The van der Waals surface area contributed by atoms with E-state index in [-0.39, 0.29) is 11.3 Å². The number of aromatic nitrogens is 2. The maximum atomic E-state index is 11.7. The summed E-state index contributed by atoms with van der Waals surface area (Å²) in [5.41, 5.74) is 1.23. The summed E-state index contributed by atoms with van der Waals surface area (Å²) in [6.07, 6.45) is 2.70. The van der Waals surface area contributed by atoms with Crippen molar-refractivity contribution < 1.29 is 4.42 Å². The number of oxazole rings is 1. The minimum Gasteiger partial charge on any atom is -0.406 e. The van der Waals surface area contributed by atoms with Crippen LogP contribution >= 0.6 is 0 Å². The highest BCUT2D eigenvalue weighted by atomic mass is 16.4. The molecule has 0 atom stereocenters. The van der Waals surface area contributed by atoms with Crippen molar-refractivity contribution >= 4 is 11.2 Å². The van der Waals surface area contributed by atoms with Gasteiger partial charge in [0.15, 0.2) is 11.2 Å². The molecule has 2 aromatic heterocycles. The largest absolute Gasteiger partial charge is 0.421 e. The second kappa shape index (κ2) is 4.94. The number of nitrogens with zero attached hydrogens (tertiary/aromatic N) is 2. The number of hydrogen-bond donors (Lipinski definition) is 1. The molecule has 0 amide bonds. The highest BCUT2D eigenvalue weighted by Gasteiger charge is 2.14. The first kappa shape index (κ1) is 12.8. The summed E-state index contributed by atoms with van der Waals surface area (Å²) in [5, 5.41) is 3.41. The third-order valence-electron chi connectivity index (χ3n) is 3.25. The number of nitrogens with one attached hydrogen (secondary N) is 1. The molecule has 2 rings (SSSR count). The van der Waals surface area contributed by atoms with E-state index in [1.165, 1.54) is 0 Å².